The summed E-state index contributed by atoms with van der Waals surface area (Å²) in [5, 5.41) is 3.01. The summed E-state index contributed by atoms with van der Waals surface area (Å²) in [4.78, 5) is 12.8. The summed E-state index contributed by atoms with van der Waals surface area (Å²) >= 11 is 5.06. The molecule has 6 heteroatoms. The second-order valence-electron chi connectivity index (χ2n) is 5.09. The number of methoxy groups -OCH3 is 2. The molecule has 0 bridgehead atoms. The topological polar surface area (TPSA) is 73.6 Å². The van der Waals surface area contributed by atoms with Crippen LogP contribution in [0.15, 0.2) is 18.2 Å². The Labute approximate surface area is 129 Å². The van der Waals surface area contributed by atoms with Gasteiger partial charge < -0.3 is 20.5 Å². The fraction of sp³-hybridized carbons (Fsp3) is 0.467. The first-order valence-corrected chi connectivity index (χ1v) is 7.30. The Morgan fingerprint density at radius 2 is 2.00 bits per heavy atom. The highest BCUT2D eigenvalue weighted by Gasteiger charge is 2.30. The van der Waals surface area contributed by atoms with E-state index >= 15 is 0 Å². The third kappa shape index (κ3) is 3.44. The smallest absolute Gasteiger partial charge is 0.251 e. The second-order valence-corrected chi connectivity index (χ2v) is 5.56. The molecule has 2 atom stereocenters. The van der Waals surface area contributed by atoms with Crippen molar-refractivity contribution in [3.05, 3.63) is 23.8 Å². The van der Waals surface area contributed by atoms with Crippen molar-refractivity contribution in [2.75, 3.05) is 14.2 Å². The quantitative estimate of drug-likeness (QED) is 0.813. The number of carbonyl (C=O) groups excluding carboxylic acids is 1. The molecule has 114 valence electrons. The number of carbonyl (C=O) groups is 1. The molecule has 0 radical (unpaired) electrons. The van der Waals surface area contributed by atoms with Crippen LogP contribution in [-0.4, -0.2) is 31.2 Å². The van der Waals surface area contributed by atoms with Crippen LogP contribution in [0.1, 0.15) is 29.6 Å². The summed E-state index contributed by atoms with van der Waals surface area (Å²) in [6.45, 7) is 0. The van der Waals surface area contributed by atoms with Crippen molar-refractivity contribution in [2.24, 2.45) is 11.7 Å². The zero-order chi connectivity index (χ0) is 15.4. The van der Waals surface area contributed by atoms with Crippen LogP contribution >= 0.6 is 12.2 Å². The van der Waals surface area contributed by atoms with Gasteiger partial charge in [0, 0.05) is 17.5 Å². The van der Waals surface area contributed by atoms with Crippen molar-refractivity contribution in [1.82, 2.24) is 5.32 Å². The first-order valence-electron chi connectivity index (χ1n) is 6.89. The van der Waals surface area contributed by atoms with Crippen molar-refractivity contribution in [2.45, 2.75) is 25.3 Å². The summed E-state index contributed by atoms with van der Waals surface area (Å²) < 4.78 is 10.4. The van der Waals surface area contributed by atoms with E-state index in [9.17, 15) is 4.79 Å². The van der Waals surface area contributed by atoms with Gasteiger partial charge in [-0.3, -0.25) is 4.79 Å². The van der Waals surface area contributed by atoms with E-state index in [-0.39, 0.29) is 17.9 Å². The Morgan fingerprint density at radius 1 is 1.29 bits per heavy atom. The minimum Gasteiger partial charge on any atom is -0.493 e. The Balaban J connectivity index is 2.11. The molecule has 0 saturated heterocycles. The van der Waals surface area contributed by atoms with E-state index in [1.165, 1.54) is 0 Å². The molecule has 0 aromatic heterocycles. The van der Waals surface area contributed by atoms with Gasteiger partial charge in [-0.05, 0) is 31.0 Å². The molecule has 1 saturated carbocycles. The van der Waals surface area contributed by atoms with Gasteiger partial charge in [0.25, 0.3) is 5.91 Å². The molecule has 21 heavy (non-hydrogen) atoms. The van der Waals surface area contributed by atoms with Crippen molar-refractivity contribution in [1.29, 1.82) is 0 Å². The zero-order valence-electron chi connectivity index (χ0n) is 12.2. The lowest BCUT2D eigenvalue weighted by molar-refractivity contribution is 0.0933. The van der Waals surface area contributed by atoms with E-state index in [4.69, 9.17) is 27.4 Å². The summed E-state index contributed by atoms with van der Waals surface area (Å²) in [5.74, 6) is 1.06. The number of nitrogens with one attached hydrogen (secondary N) is 1. The molecule has 1 aromatic rings. The maximum atomic E-state index is 12.3. The zero-order valence-corrected chi connectivity index (χ0v) is 13.0. The highest BCUT2D eigenvalue weighted by Crippen LogP contribution is 2.29. The number of nitrogens with two attached hydrogens (primary N) is 1. The van der Waals surface area contributed by atoms with Gasteiger partial charge in [0.05, 0.1) is 19.2 Å². The van der Waals surface area contributed by atoms with E-state index < -0.39 is 0 Å². The molecule has 1 aromatic carbocycles. The highest BCUT2D eigenvalue weighted by molar-refractivity contribution is 7.80. The maximum Gasteiger partial charge on any atom is 0.251 e. The molecule has 1 aliphatic rings. The van der Waals surface area contributed by atoms with E-state index in [2.05, 4.69) is 5.32 Å². The number of benzene rings is 1. The molecule has 1 fully saturated rings. The fourth-order valence-corrected chi connectivity index (χ4v) is 2.98. The molecule has 2 unspecified atom stereocenters. The Morgan fingerprint density at radius 3 is 2.62 bits per heavy atom. The van der Waals surface area contributed by atoms with Crippen LogP contribution < -0.4 is 20.5 Å². The molecule has 5 nitrogen and oxygen atoms in total. The minimum absolute atomic E-state index is 0.0168. The lowest BCUT2D eigenvalue weighted by atomic mass is 10.0. The summed E-state index contributed by atoms with van der Waals surface area (Å²) in [5.41, 5.74) is 6.26. The third-order valence-electron chi connectivity index (χ3n) is 3.84. The minimum atomic E-state index is -0.149. The number of ether oxygens (including phenoxy) is 2. The number of rotatable bonds is 5. The lowest BCUT2D eigenvalue weighted by Gasteiger charge is -2.20. The largest absolute Gasteiger partial charge is 0.493 e. The molecular formula is C15H20N2O3S. The monoisotopic (exact) mass is 308 g/mol. The highest BCUT2D eigenvalue weighted by atomic mass is 32.1. The van der Waals surface area contributed by atoms with Crippen molar-refractivity contribution in [3.63, 3.8) is 0 Å². The van der Waals surface area contributed by atoms with Crippen molar-refractivity contribution >= 4 is 23.1 Å². The van der Waals surface area contributed by atoms with Crippen molar-refractivity contribution in [3.8, 4) is 11.5 Å². The molecular weight excluding hydrogens is 288 g/mol. The van der Waals surface area contributed by atoms with Gasteiger partial charge in [-0.1, -0.05) is 18.6 Å². The first kappa shape index (κ1) is 15.6. The average molecular weight is 308 g/mol. The number of hydrogen-bond donors (Lipinski definition) is 2. The van der Waals surface area contributed by atoms with Gasteiger partial charge in [-0.25, -0.2) is 0 Å². The number of hydrogen-bond acceptors (Lipinski definition) is 4. The van der Waals surface area contributed by atoms with Crippen LogP contribution in [0.2, 0.25) is 0 Å². The molecule has 1 amide bonds. The van der Waals surface area contributed by atoms with Gasteiger partial charge in [-0.15, -0.1) is 0 Å². The van der Waals surface area contributed by atoms with Crippen LogP contribution in [0, 0.1) is 5.92 Å². The summed E-state index contributed by atoms with van der Waals surface area (Å²) in [6.07, 6.45) is 2.87. The number of thiocarbonyl (C=S) groups is 1. The fourth-order valence-electron chi connectivity index (χ4n) is 2.70. The van der Waals surface area contributed by atoms with Crippen LogP contribution in [0.25, 0.3) is 0 Å². The van der Waals surface area contributed by atoms with Gasteiger partial charge >= 0.3 is 0 Å². The molecule has 3 N–H and O–H groups in total. The standard InChI is InChI=1S/C15H20N2O3S/c1-19-12-7-6-9(8-13(12)20-2)15(18)17-11-5-3-4-10(11)14(16)21/h6-8,10-11H,3-5H2,1-2H3,(H2,16,21)(H,17,18). The SMILES string of the molecule is COc1ccc(C(=O)NC2CCCC2C(N)=S)cc1OC. The molecule has 0 aliphatic heterocycles. The molecule has 0 heterocycles. The normalized spacial score (nSPS) is 20.9. The Kier molecular flexibility index (Phi) is 5.01. The average Bonchev–Trinajstić information content (AvgIpc) is 2.94. The van der Waals surface area contributed by atoms with Crippen LogP contribution in [0.4, 0.5) is 0 Å². The van der Waals surface area contributed by atoms with Gasteiger partial charge in [-0.2, -0.15) is 0 Å². The van der Waals surface area contributed by atoms with E-state index in [0.29, 0.717) is 22.1 Å². The van der Waals surface area contributed by atoms with E-state index in [1.54, 1.807) is 32.4 Å². The lowest BCUT2D eigenvalue weighted by Crippen LogP contribution is -2.41. The van der Waals surface area contributed by atoms with Gasteiger partial charge in [0.2, 0.25) is 0 Å². The summed E-state index contributed by atoms with van der Waals surface area (Å²) in [7, 11) is 3.10. The third-order valence-corrected chi connectivity index (χ3v) is 4.15. The van der Waals surface area contributed by atoms with Crippen molar-refractivity contribution < 1.29 is 14.3 Å². The predicted octanol–water partition coefficient (Wildman–Crippen LogP) is 1.89. The molecule has 1 aliphatic carbocycles. The second kappa shape index (κ2) is 6.76. The maximum absolute atomic E-state index is 12.3. The molecule has 0 spiro atoms. The van der Waals surface area contributed by atoms with Gasteiger partial charge in [0.15, 0.2) is 11.5 Å². The van der Waals surface area contributed by atoms with E-state index in [1.807, 2.05) is 0 Å². The number of amides is 1. The summed E-state index contributed by atoms with van der Waals surface area (Å²) in [6, 6.07) is 5.11. The van der Waals surface area contributed by atoms with Gasteiger partial charge in [0.1, 0.15) is 0 Å². The van der Waals surface area contributed by atoms with Crippen LogP contribution in [0.3, 0.4) is 0 Å². The predicted molar refractivity (Wildman–Crippen MR) is 84.9 cm³/mol. The van der Waals surface area contributed by atoms with E-state index in [0.717, 1.165) is 19.3 Å². The van der Waals surface area contributed by atoms with Crippen LogP contribution in [-0.2, 0) is 0 Å². The first-order chi connectivity index (χ1) is 10.1. The molecule has 2 rings (SSSR count). The Bertz CT molecular complexity index is 548. The Hall–Kier alpha value is -1.82. The van der Waals surface area contributed by atoms with Crippen LogP contribution in [0.5, 0.6) is 11.5 Å².